The van der Waals surface area contributed by atoms with Crippen LogP contribution in [0.1, 0.15) is 33.2 Å². The maximum absolute atomic E-state index is 13.1. The molecule has 2 heterocycles. The van der Waals surface area contributed by atoms with E-state index < -0.39 is 11.9 Å². The average Bonchev–Trinajstić information content (AvgIpc) is 3.33. The number of carbonyl (C=O) groups excluding carboxylic acids is 1. The highest BCUT2D eigenvalue weighted by Crippen LogP contribution is 2.33. The zero-order chi connectivity index (χ0) is 20.5. The number of hydrogen-bond donors (Lipinski definition) is 1. The summed E-state index contributed by atoms with van der Waals surface area (Å²) in [6.45, 7) is 4.48. The van der Waals surface area contributed by atoms with Crippen molar-refractivity contribution in [1.29, 1.82) is 0 Å². The van der Waals surface area contributed by atoms with Crippen LogP contribution in [0, 0.1) is 19.8 Å². The van der Waals surface area contributed by atoms with Crippen molar-refractivity contribution in [2.45, 2.75) is 19.8 Å². The number of aryl methyl sites for hydroxylation is 2. The number of likely N-dealkylation sites (tertiary alicyclic amines) is 1. The van der Waals surface area contributed by atoms with E-state index >= 15 is 0 Å². The molecular formula is C23H23N3O3. The van der Waals surface area contributed by atoms with Crippen molar-refractivity contribution in [3.05, 3.63) is 83.2 Å². The van der Waals surface area contributed by atoms with Gasteiger partial charge in [-0.15, -0.1) is 0 Å². The Hall–Kier alpha value is -3.41. The van der Waals surface area contributed by atoms with E-state index in [9.17, 15) is 14.7 Å². The second-order valence-corrected chi connectivity index (χ2v) is 7.59. The quantitative estimate of drug-likeness (QED) is 0.742. The van der Waals surface area contributed by atoms with Gasteiger partial charge in [0.1, 0.15) is 0 Å². The lowest BCUT2D eigenvalue weighted by molar-refractivity contribution is -0.141. The second-order valence-electron chi connectivity index (χ2n) is 7.59. The van der Waals surface area contributed by atoms with E-state index in [1.165, 1.54) is 0 Å². The molecule has 1 aliphatic rings. The number of amides is 1. The predicted molar refractivity (Wildman–Crippen MR) is 109 cm³/mol. The molecule has 1 aliphatic heterocycles. The van der Waals surface area contributed by atoms with Gasteiger partial charge in [-0.3, -0.25) is 9.59 Å². The van der Waals surface area contributed by atoms with E-state index in [4.69, 9.17) is 0 Å². The topological polar surface area (TPSA) is 75.4 Å². The summed E-state index contributed by atoms with van der Waals surface area (Å²) in [6.07, 6.45) is 0. The molecule has 1 fully saturated rings. The molecule has 0 spiro atoms. The summed E-state index contributed by atoms with van der Waals surface area (Å²) < 4.78 is 1.74. The molecule has 6 nitrogen and oxygen atoms in total. The van der Waals surface area contributed by atoms with Crippen molar-refractivity contribution in [3.8, 4) is 5.69 Å². The van der Waals surface area contributed by atoms with Gasteiger partial charge in [0.15, 0.2) is 5.69 Å². The molecule has 1 aromatic heterocycles. The maximum Gasteiger partial charge on any atom is 0.308 e. The first-order valence-corrected chi connectivity index (χ1v) is 9.65. The minimum atomic E-state index is -0.879. The standard InChI is InChI=1S/C23H23N3O3/c1-15-8-10-18(11-9-15)26-16(2)12-21(24-26)22(27)25-13-19(20(14-25)23(28)29)17-6-4-3-5-7-17/h3-12,19-20H,13-14H2,1-2H3,(H,28,29)/t19-,20-/m0/s1. The van der Waals surface area contributed by atoms with Crippen molar-refractivity contribution < 1.29 is 14.7 Å². The Morgan fingerprint density at radius 2 is 1.69 bits per heavy atom. The van der Waals surface area contributed by atoms with Crippen LogP contribution in [0.25, 0.3) is 5.69 Å². The molecule has 4 rings (SSSR count). The molecule has 6 heteroatoms. The number of benzene rings is 2. The molecule has 1 saturated heterocycles. The predicted octanol–water partition coefficient (Wildman–Crippen LogP) is 3.43. The Balaban J connectivity index is 1.59. The van der Waals surface area contributed by atoms with E-state index in [-0.39, 0.29) is 18.4 Å². The molecule has 1 amide bonds. The Kier molecular flexibility index (Phi) is 4.92. The lowest BCUT2D eigenvalue weighted by Gasteiger charge is -2.15. The first kappa shape index (κ1) is 18.9. The smallest absolute Gasteiger partial charge is 0.308 e. The SMILES string of the molecule is Cc1ccc(-n2nc(C(=O)N3C[C@H](C(=O)O)[C@H](c4ccccc4)C3)cc2C)cc1. The fourth-order valence-electron chi connectivity index (χ4n) is 3.95. The largest absolute Gasteiger partial charge is 0.481 e. The van der Waals surface area contributed by atoms with E-state index in [0.29, 0.717) is 12.2 Å². The van der Waals surface area contributed by atoms with Crippen LogP contribution in [0.2, 0.25) is 0 Å². The minimum absolute atomic E-state index is 0.185. The summed E-state index contributed by atoms with van der Waals surface area (Å²) >= 11 is 0. The van der Waals surface area contributed by atoms with Gasteiger partial charge in [-0.2, -0.15) is 5.10 Å². The van der Waals surface area contributed by atoms with Gasteiger partial charge >= 0.3 is 5.97 Å². The summed E-state index contributed by atoms with van der Waals surface area (Å²) in [4.78, 5) is 26.5. The molecule has 3 aromatic rings. The second kappa shape index (κ2) is 7.54. The fraction of sp³-hybridized carbons (Fsp3) is 0.261. The highest BCUT2D eigenvalue weighted by atomic mass is 16.4. The van der Waals surface area contributed by atoms with Gasteiger partial charge in [-0.05, 0) is 37.6 Å². The molecule has 148 valence electrons. The molecule has 1 N–H and O–H groups in total. The van der Waals surface area contributed by atoms with E-state index in [1.807, 2.05) is 68.4 Å². The third-order valence-electron chi connectivity index (χ3n) is 5.54. The van der Waals surface area contributed by atoms with Crippen molar-refractivity contribution in [3.63, 3.8) is 0 Å². The normalized spacial score (nSPS) is 18.8. The van der Waals surface area contributed by atoms with Crippen LogP contribution in [0.4, 0.5) is 0 Å². The zero-order valence-corrected chi connectivity index (χ0v) is 16.4. The average molecular weight is 389 g/mol. The van der Waals surface area contributed by atoms with Gasteiger partial charge in [0.2, 0.25) is 0 Å². The maximum atomic E-state index is 13.1. The number of carboxylic acid groups (broad SMARTS) is 1. The minimum Gasteiger partial charge on any atom is -0.481 e. The number of carbonyl (C=O) groups is 2. The van der Waals surface area contributed by atoms with Crippen LogP contribution < -0.4 is 0 Å². The molecule has 2 atom stereocenters. The number of rotatable bonds is 4. The molecule has 2 aromatic carbocycles. The van der Waals surface area contributed by atoms with Crippen LogP contribution in [0.3, 0.4) is 0 Å². The van der Waals surface area contributed by atoms with Crippen LogP contribution in [0.5, 0.6) is 0 Å². The molecule has 0 bridgehead atoms. The molecule has 0 aliphatic carbocycles. The fourth-order valence-corrected chi connectivity index (χ4v) is 3.95. The number of carboxylic acids is 1. The molecule has 0 saturated carbocycles. The molecular weight excluding hydrogens is 366 g/mol. The molecule has 29 heavy (non-hydrogen) atoms. The zero-order valence-electron chi connectivity index (χ0n) is 16.4. The summed E-state index contributed by atoms with van der Waals surface area (Å²) in [7, 11) is 0. The van der Waals surface area contributed by atoms with Crippen LogP contribution >= 0.6 is 0 Å². The van der Waals surface area contributed by atoms with Crippen molar-refractivity contribution >= 4 is 11.9 Å². The Labute approximate surface area is 169 Å². The van der Waals surface area contributed by atoms with Crippen LogP contribution in [-0.2, 0) is 4.79 Å². The Morgan fingerprint density at radius 1 is 1.00 bits per heavy atom. The highest BCUT2D eigenvalue weighted by Gasteiger charge is 2.41. The summed E-state index contributed by atoms with van der Waals surface area (Å²) in [6, 6.07) is 19.2. The Morgan fingerprint density at radius 3 is 2.34 bits per heavy atom. The first-order chi connectivity index (χ1) is 13.9. The van der Waals surface area contributed by atoms with Crippen LogP contribution in [0.15, 0.2) is 60.7 Å². The van der Waals surface area contributed by atoms with Gasteiger partial charge in [-0.1, -0.05) is 48.0 Å². The van der Waals surface area contributed by atoms with Crippen molar-refractivity contribution in [1.82, 2.24) is 14.7 Å². The number of nitrogens with zero attached hydrogens (tertiary/aromatic N) is 3. The van der Waals surface area contributed by atoms with Gasteiger partial charge in [0, 0.05) is 24.7 Å². The Bertz CT molecular complexity index is 1040. The molecule has 0 radical (unpaired) electrons. The number of aromatic nitrogens is 2. The molecule has 0 unspecified atom stereocenters. The first-order valence-electron chi connectivity index (χ1n) is 9.65. The third-order valence-corrected chi connectivity index (χ3v) is 5.54. The lowest BCUT2D eigenvalue weighted by atomic mass is 9.89. The van der Waals surface area contributed by atoms with Crippen molar-refractivity contribution in [2.75, 3.05) is 13.1 Å². The highest BCUT2D eigenvalue weighted by molar-refractivity contribution is 5.93. The van der Waals surface area contributed by atoms with E-state index in [0.717, 1.165) is 22.5 Å². The monoisotopic (exact) mass is 389 g/mol. The van der Waals surface area contributed by atoms with E-state index in [1.54, 1.807) is 15.6 Å². The van der Waals surface area contributed by atoms with Gasteiger partial charge in [0.25, 0.3) is 5.91 Å². The van der Waals surface area contributed by atoms with Gasteiger partial charge in [-0.25, -0.2) is 4.68 Å². The van der Waals surface area contributed by atoms with Gasteiger partial charge < -0.3 is 10.0 Å². The summed E-state index contributed by atoms with van der Waals surface area (Å²) in [5, 5.41) is 14.2. The third kappa shape index (κ3) is 3.66. The number of hydrogen-bond acceptors (Lipinski definition) is 3. The van der Waals surface area contributed by atoms with Gasteiger partial charge in [0.05, 0.1) is 11.6 Å². The summed E-state index contributed by atoms with van der Waals surface area (Å²) in [5.41, 5.74) is 4.17. The van der Waals surface area contributed by atoms with E-state index in [2.05, 4.69) is 5.10 Å². The van der Waals surface area contributed by atoms with Crippen molar-refractivity contribution in [2.24, 2.45) is 5.92 Å². The van der Waals surface area contributed by atoms with Crippen LogP contribution in [-0.4, -0.2) is 44.8 Å². The lowest BCUT2D eigenvalue weighted by Crippen LogP contribution is -2.30. The summed E-state index contributed by atoms with van der Waals surface area (Å²) in [5.74, 6) is -1.96. The number of aliphatic carboxylic acids is 1.